The molecule has 106 heavy (non-hydrogen) atoms. The number of rotatable bonds is 75. The molecular weight excluding hydrogens is 1380 g/mol. The molecule has 0 aromatic rings. The average Bonchev–Trinajstić information content (AvgIpc) is 0.901. The number of aliphatic hydroxyl groups excluding tert-OH is 1. The van der Waals surface area contributed by atoms with E-state index in [1.54, 1.807) is 0 Å². The molecule has 0 aliphatic carbocycles. The Kier molecular flexibility index (Phi) is 73.9. The maximum atomic E-state index is 13.1. The molecule has 17 nitrogen and oxygen atoms in total. The van der Waals surface area contributed by atoms with Crippen LogP contribution in [0.25, 0.3) is 0 Å². The summed E-state index contributed by atoms with van der Waals surface area (Å²) in [6, 6.07) is 0. The summed E-state index contributed by atoms with van der Waals surface area (Å²) in [5.74, 6) is -2.41. The average molecular weight is 1520 g/mol. The van der Waals surface area contributed by atoms with Gasteiger partial charge in [-0.25, -0.2) is 9.13 Å². The van der Waals surface area contributed by atoms with E-state index in [1.165, 1.54) is 109 Å². The molecule has 0 amide bonds. The molecule has 2 unspecified atom stereocenters. The van der Waals surface area contributed by atoms with Gasteiger partial charge in [-0.1, -0.05) is 301 Å². The summed E-state index contributed by atoms with van der Waals surface area (Å²) in [6.45, 7) is 4.58. The molecule has 0 radical (unpaired) electrons. The first-order chi connectivity index (χ1) is 51.7. The Morgan fingerprint density at radius 2 is 0.491 bits per heavy atom. The van der Waals surface area contributed by atoms with Gasteiger partial charge in [0.05, 0.1) is 26.4 Å². The monoisotopic (exact) mass is 1520 g/mol. The Labute approximate surface area is 642 Å². The predicted octanol–water partition coefficient (Wildman–Crippen LogP) is 24.0. The number of aliphatic hydroxyl groups is 1. The van der Waals surface area contributed by atoms with E-state index in [0.29, 0.717) is 44.9 Å². The molecular formula is C87H144O17P2. The molecule has 0 aromatic carbocycles. The molecule has 0 spiro atoms. The number of hydrogen-bond acceptors (Lipinski definition) is 15. The number of carbonyl (C=O) groups excluding carboxylic acids is 4. The fourth-order valence-electron chi connectivity index (χ4n) is 10.2. The zero-order valence-electron chi connectivity index (χ0n) is 66.1. The van der Waals surface area contributed by atoms with Gasteiger partial charge in [-0.05, 0) is 141 Å². The summed E-state index contributed by atoms with van der Waals surface area (Å²) >= 11 is 0. The van der Waals surface area contributed by atoms with Gasteiger partial charge in [-0.3, -0.25) is 37.3 Å². The van der Waals surface area contributed by atoms with Gasteiger partial charge in [-0.15, -0.1) is 0 Å². The van der Waals surface area contributed by atoms with Crippen LogP contribution in [-0.4, -0.2) is 96.7 Å². The largest absolute Gasteiger partial charge is 0.472 e. The highest BCUT2D eigenvalue weighted by Gasteiger charge is 2.30. The molecule has 0 fully saturated rings. The third-order valence-electron chi connectivity index (χ3n) is 16.5. The van der Waals surface area contributed by atoms with Crippen molar-refractivity contribution in [3.8, 4) is 0 Å². The summed E-state index contributed by atoms with van der Waals surface area (Å²) < 4.78 is 68.4. The Bertz CT molecular complexity index is 2630. The van der Waals surface area contributed by atoms with Crippen LogP contribution in [0.4, 0.5) is 0 Å². The Hall–Kier alpha value is -5.32. The molecule has 19 heteroatoms. The number of carbonyl (C=O) groups is 4. The van der Waals surface area contributed by atoms with Crippen molar-refractivity contribution in [3.63, 3.8) is 0 Å². The van der Waals surface area contributed by atoms with Crippen LogP contribution < -0.4 is 0 Å². The zero-order valence-corrected chi connectivity index (χ0v) is 67.8. The first-order valence-corrected chi connectivity index (χ1v) is 43.7. The topological polar surface area (TPSA) is 237 Å². The van der Waals surface area contributed by atoms with Gasteiger partial charge in [0, 0.05) is 25.7 Å². The highest BCUT2D eigenvalue weighted by molar-refractivity contribution is 7.47. The smallest absolute Gasteiger partial charge is 0.462 e. The van der Waals surface area contributed by atoms with E-state index in [4.69, 9.17) is 37.0 Å². The highest BCUT2D eigenvalue weighted by atomic mass is 31.2. The fourth-order valence-corrected chi connectivity index (χ4v) is 11.8. The van der Waals surface area contributed by atoms with Crippen LogP contribution in [-0.2, 0) is 65.4 Å². The Balaban J connectivity index is 5.54. The molecule has 3 N–H and O–H groups in total. The third kappa shape index (κ3) is 76.9. The van der Waals surface area contributed by atoms with Crippen molar-refractivity contribution >= 4 is 39.5 Å². The lowest BCUT2D eigenvalue weighted by Crippen LogP contribution is -2.30. The molecule has 0 aliphatic rings. The van der Waals surface area contributed by atoms with Crippen LogP contribution in [0.15, 0.2) is 158 Å². The fraction of sp³-hybridized carbons (Fsp3) is 0.655. The van der Waals surface area contributed by atoms with Crippen LogP contribution >= 0.6 is 15.6 Å². The predicted molar refractivity (Wildman–Crippen MR) is 436 cm³/mol. The molecule has 5 atom stereocenters. The van der Waals surface area contributed by atoms with Crippen LogP contribution in [0.5, 0.6) is 0 Å². The molecule has 0 aromatic heterocycles. The van der Waals surface area contributed by atoms with Crippen molar-refractivity contribution < 1.29 is 80.2 Å². The number of phosphoric ester groups is 2. The van der Waals surface area contributed by atoms with Crippen LogP contribution in [0.3, 0.4) is 0 Å². The second-order valence-electron chi connectivity index (χ2n) is 26.7. The van der Waals surface area contributed by atoms with E-state index in [1.807, 2.05) is 42.5 Å². The molecule has 0 saturated heterocycles. The number of unbranched alkanes of at least 4 members (excludes halogenated alkanes) is 23. The number of phosphoric acid groups is 2. The van der Waals surface area contributed by atoms with Gasteiger partial charge in [-0.2, -0.15) is 0 Å². The maximum Gasteiger partial charge on any atom is 0.472 e. The lowest BCUT2D eigenvalue weighted by Gasteiger charge is -2.21. The molecule has 0 saturated carbocycles. The normalized spacial score (nSPS) is 14.7. The molecule has 0 heterocycles. The zero-order chi connectivity index (χ0) is 77.4. The summed E-state index contributed by atoms with van der Waals surface area (Å²) in [6.07, 6.45) is 91.1. The minimum absolute atomic E-state index is 0.000752. The number of esters is 4. The van der Waals surface area contributed by atoms with Gasteiger partial charge >= 0.3 is 39.5 Å². The lowest BCUT2D eigenvalue weighted by atomic mass is 10.0. The Morgan fingerprint density at radius 1 is 0.264 bits per heavy atom. The first kappa shape index (κ1) is 101. The van der Waals surface area contributed by atoms with E-state index in [2.05, 4.69) is 143 Å². The van der Waals surface area contributed by atoms with Crippen LogP contribution in [0.2, 0.25) is 0 Å². The Morgan fingerprint density at radius 3 is 0.802 bits per heavy atom. The summed E-state index contributed by atoms with van der Waals surface area (Å²) in [4.78, 5) is 73.0. The maximum absolute atomic E-state index is 13.1. The van der Waals surface area contributed by atoms with Gasteiger partial charge in [0.1, 0.15) is 19.3 Å². The third-order valence-corrected chi connectivity index (χ3v) is 18.4. The van der Waals surface area contributed by atoms with Crippen molar-refractivity contribution in [3.05, 3.63) is 158 Å². The van der Waals surface area contributed by atoms with Gasteiger partial charge < -0.3 is 33.8 Å². The lowest BCUT2D eigenvalue weighted by molar-refractivity contribution is -0.161. The second kappa shape index (κ2) is 77.8. The van der Waals surface area contributed by atoms with E-state index in [-0.39, 0.29) is 25.7 Å². The molecule has 604 valence electrons. The highest BCUT2D eigenvalue weighted by Crippen LogP contribution is 2.45. The van der Waals surface area contributed by atoms with Crippen LogP contribution in [0, 0.1) is 0 Å². The number of ether oxygens (including phenoxy) is 4. The van der Waals surface area contributed by atoms with E-state index < -0.39 is 97.5 Å². The molecule has 0 bridgehead atoms. The van der Waals surface area contributed by atoms with Crippen molar-refractivity contribution in [2.24, 2.45) is 0 Å². The van der Waals surface area contributed by atoms with Crippen molar-refractivity contribution in [1.29, 1.82) is 0 Å². The first-order valence-electron chi connectivity index (χ1n) is 40.7. The summed E-state index contributed by atoms with van der Waals surface area (Å²) in [7, 11) is -10.0. The minimum atomic E-state index is -5.02. The van der Waals surface area contributed by atoms with Crippen molar-refractivity contribution in [1.82, 2.24) is 0 Å². The van der Waals surface area contributed by atoms with Crippen molar-refractivity contribution in [2.45, 2.75) is 329 Å². The van der Waals surface area contributed by atoms with E-state index in [0.717, 1.165) is 103 Å². The summed E-state index contributed by atoms with van der Waals surface area (Å²) in [5.41, 5.74) is 0. The number of allylic oxidation sites excluding steroid dienone is 26. The molecule has 0 rings (SSSR count). The van der Waals surface area contributed by atoms with Gasteiger partial charge in [0.25, 0.3) is 0 Å². The second-order valence-corrected chi connectivity index (χ2v) is 29.6. The number of hydrogen-bond donors (Lipinski definition) is 3. The van der Waals surface area contributed by atoms with Crippen molar-refractivity contribution in [2.75, 3.05) is 39.6 Å². The summed E-state index contributed by atoms with van der Waals surface area (Å²) in [5, 5.41) is 10.6. The van der Waals surface area contributed by atoms with Gasteiger partial charge in [0.2, 0.25) is 0 Å². The SMILES string of the molecule is CCCCC/C=C\C/C=C\C/C=C\C/C=C\C/C=C\CCC(=O)O[C@H](COC(=O)CCCCCCCCCCCCCCC)COP(=O)(O)OC[C@H](O)COP(=O)(O)OC[C@@H](COC(=O)CCC/C=C\C/C=C\C/C=C\C/C=C\CCCCC)OC(=O)CCC/C=C\C/C=C\C/C=C\C/C=C\CCCCC. The quantitative estimate of drug-likeness (QED) is 0.0169. The minimum Gasteiger partial charge on any atom is -0.462 e. The standard InChI is InChI=1S/C87H144O17P2/c1-5-9-13-17-21-25-29-33-36-39-40-43-46-50-54-58-62-66-70-74-87(92)103-82(77-97-84(89)71-67-63-59-55-51-47-32-28-24-20-16-12-8-4)79-101-105(93,94)99-75-81(88)76-100-106(95,96)102-80-83(104-86(91)73-69-65-61-57-53-49-45-42-38-35-31-27-23-19-15-11-7-3)78-98-85(90)72-68-64-60-56-52-48-44-41-37-34-30-26-22-18-14-10-6-2/h21-23,25-27,33-38,40,43-45,48-50,54,56-57,60-62,66,81-83,88H,5-20,24,28-32,39,41-42,46-47,51-53,55,58-59,63-65,67-80H2,1-4H3,(H,93,94)(H,95,96)/b25-21-,26-22-,27-23-,36-33-,37-34-,38-35-,43-40-,48-44-,49-45-,54-50-,60-56-,61-57-,66-62-/t81-,82+,83+/m0/s1. The van der Waals surface area contributed by atoms with E-state index >= 15 is 0 Å². The van der Waals surface area contributed by atoms with E-state index in [9.17, 15) is 43.2 Å². The van der Waals surface area contributed by atoms with Crippen LogP contribution in [0.1, 0.15) is 310 Å². The molecule has 0 aliphatic heterocycles. The van der Waals surface area contributed by atoms with Gasteiger partial charge in [0.15, 0.2) is 12.2 Å².